The molecule has 2 aliphatic rings. The minimum Gasteiger partial charge on any atom is -0.497 e. The molecule has 0 aliphatic carbocycles. The number of amides is 1. The molecule has 6 rings (SSSR count). The van der Waals surface area contributed by atoms with Crippen LogP contribution in [0.15, 0.2) is 74.7 Å². The first-order valence-corrected chi connectivity index (χ1v) is 13.2. The molecule has 4 aromatic rings. The van der Waals surface area contributed by atoms with Gasteiger partial charge in [-0.3, -0.25) is 9.59 Å². The highest BCUT2D eigenvalue weighted by molar-refractivity contribution is 5.95. The molecule has 8 nitrogen and oxygen atoms in total. The molecule has 4 heterocycles. The molecule has 0 unspecified atom stereocenters. The van der Waals surface area contributed by atoms with E-state index in [2.05, 4.69) is 0 Å². The van der Waals surface area contributed by atoms with Crippen molar-refractivity contribution in [3.63, 3.8) is 0 Å². The molecular formula is C31H30N2O6. The highest BCUT2D eigenvalue weighted by atomic mass is 16.5. The SMILES string of the molecule is COc1ccc(-c2cc(=O)oc3c(C)c(O[C@H](C)C(=O)N4C[C@H]5C[C@@H](C4)c4cccc(=O)n4C5)ccc23)cc1. The number of fused-ring (bicyclic) bond motifs is 5. The first-order valence-electron chi connectivity index (χ1n) is 13.2. The third kappa shape index (κ3) is 4.50. The summed E-state index contributed by atoms with van der Waals surface area (Å²) in [6.07, 6.45) is 0.247. The second-order valence-corrected chi connectivity index (χ2v) is 10.5. The Bertz CT molecular complexity index is 1690. The molecule has 1 amide bonds. The van der Waals surface area contributed by atoms with Gasteiger partial charge in [-0.15, -0.1) is 0 Å². The first kappa shape index (κ1) is 25.0. The number of aromatic nitrogens is 1. The number of nitrogens with zero attached hydrogens (tertiary/aromatic N) is 2. The van der Waals surface area contributed by atoms with Crippen LogP contribution in [-0.4, -0.2) is 41.7 Å². The van der Waals surface area contributed by atoms with Gasteiger partial charge < -0.3 is 23.4 Å². The van der Waals surface area contributed by atoms with Crippen LogP contribution in [0.2, 0.25) is 0 Å². The van der Waals surface area contributed by atoms with E-state index in [9.17, 15) is 14.4 Å². The maximum absolute atomic E-state index is 13.5. The standard InChI is InChI=1S/C31H30N2O6/c1-18-27(12-11-24-25(14-29(35)39-30(18)24)21-7-9-23(37-3)10-8-21)38-19(2)31(36)32-15-20-13-22(17-32)26-5-4-6-28(34)33(26)16-20/h4-12,14,19-20,22H,13,15-17H2,1-3H3/t19-,20-,22+/m1/s1. The second-order valence-electron chi connectivity index (χ2n) is 10.5. The fourth-order valence-corrected chi connectivity index (χ4v) is 6.05. The topological polar surface area (TPSA) is 91.0 Å². The number of hydrogen-bond acceptors (Lipinski definition) is 6. The molecule has 1 fully saturated rings. The van der Waals surface area contributed by atoms with Gasteiger partial charge in [0.15, 0.2) is 6.10 Å². The Morgan fingerprint density at radius 3 is 2.59 bits per heavy atom. The predicted molar refractivity (Wildman–Crippen MR) is 147 cm³/mol. The summed E-state index contributed by atoms with van der Waals surface area (Å²) < 4.78 is 18.9. The minimum absolute atomic E-state index is 0.0206. The summed E-state index contributed by atoms with van der Waals surface area (Å²) in [4.78, 5) is 40.2. The fourth-order valence-electron chi connectivity index (χ4n) is 6.05. The molecule has 2 aromatic carbocycles. The van der Waals surface area contributed by atoms with Crippen LogP contribution >= 0.6 is 0 Å². The van der Waals surface area contributed by atoms with Gasteiger partial charge in [-0.05, 0) is 67.6 Å². The number of hydrogen-bond donors (Lipinski definition) is 0. The monoisotopic (exact) mass is 526 g/mol. The van der Waals surface area contributed by atoms with Gasteiger partial charge in [0.25, 0.3) is 11.5 Å². The van der Waals surface area contributed by atoms with Crippen molar-refractivity contribution >= 4 is 16.9 Å². The van der Waals surface area contributed by atoms with E-state index in [1.54, 1.807) is 26.2 Å². The number of carbonyl (C=O) groups excluding carboxylic acids is 1. The van der Waals surface area contributed by atoms with Gasteiger partial charge in [0.05, 0.1) is 7.11 Å². The number of pyridine rings is 1. The third-order valence-electron chi connectivity index (χ3n) is 7.96. The normalized spacial score (nSPS) is 18.9. The van der Waals surface area contributed by atoms with Gasteiger partial charge in [-0.25, -0.2) is 4.79 Å². The van der Waals surface area contributed by atoms with Gasteiger partial charge >= 0.3 is 5.63 Å². The van der Waals surface area contributed by atoms with Crippen molar-refractivity contribution in [1.29, 1.82) is 0 Å². The Balaban J connectivity index is 1.25. The van der Waals surface area contributed by atoms with E-state index in [0.717, 1.165) is 34.4 Å². The Kier molecular flexibility index (Phi) is 6.25. The molecule has 1 saturated heterocycles. The van der Waals surface area contributed by atoms with Crippen LogP contribution in [0.5, 0.6) is 11.5 Å². The van der Waals surface area contributed by atoms with Crippen LogP contribution in [0.4, 0.5) is 0 Å². The van der Waals surface area contributed by atoms with Crippen molar-refractivity contribution in [2.45, 2.75) is 38.8 Å². The van der Waals surface area contributed by atoms with E-state index in [4.69, 9.17) is 13.9 Å². The van der Waals surface area contributed by atoms with Crippen molar-refractivity contribution in [3.8, 4) is 22.6 Å². The molecular weight excluding hydrogens is 496 g/mol. The summed E-state index contributed by atoms with van der Waals surface area (Å²) in [7, 11) is 1.61. The molecule has 0 N–H and O–H groups in total. The van der Waals surface area contributed by atoms with Crippen LogP contribution in [0, 0.1) is 12.8 Å². The fraction of sp³-hybridized carbons (Fsp3) is 0.323. The third-order valence-corrected chi connectivity index (χ3v) is 7.96. The van der Waals surface area contributed by atoms with Crippen LogP contribution in [0.25, 0.3) is 22.1 Å². The summed E-state index contributed by atoms with van der Waals surface area (Å²) in [5.41, 5.74) is 3.26. The van der Waals surface area contributed by atoms with Crippen molar-refractivity contribution in [2.24, 2.45) is 5.92 Å². The number of aryl methyl sites for hydroxylation is 1. The number of methoxy groups -OCH3 is 1. The van der Waals surface area contributed by atoms with Crippen LogP contribution in [0.3, 0.4) is 0 Å². The largest absolute Gasteiger partial charge is 0.497 e. The Labute approximate surface area is 225 Å². The quantitative estimate of drug-likeness (QED) is 0.359. The van der Waals surface area contributed by atoms with Gasteiger partial charge in [0.2, 0.25) is 0 Å². The van der Waals surface area contributed by atoms with Crippen molar-refractivity contribution in [3.05, 3.63) is 92.7 Å². The summed E-state index contributed by atoms with van der Waals surface area (Å²) in [5.74, 6) is 1.50. The molecule has 8 heteroatoms. The minimum atomic E-state index is -0.727. The highest BCUT2D eigenvalue weighted by Gasteiger charge is 2.37. The molecule has 0 saturated carbocycles. The van der Waals surface area contributed by atoms with Gasteiger partial charge in [0, 0.05) is 54.3 Å². The number of piperidine rings is 1. The van der Waals surface area contributed by atoms with E-state index in [1.807, 2.05) is 58.9 Å². The maximum Gasteiger partial charge on any atom is 0.336 e. The summed E-state index contributed by atoms with van der Waals surface area (Å²) >= 11 is 0. The van der Waals surface area contributed by atoms with Crippen LogP contribution < -0.4 is 20.7 Å². The lowest BCUT2D eigenvalue weighted by atomic mass is 9.83. The van der Waals surface area contributed by atoms with Crippen LogP contribution in [0.1, 0.15) is 30.5 Å². The highest BCUT2D eigenvalue weighted by Crippen LogP contribution is 2.36. The van der Waals surface area contributed by atoms with E-state index in [0.29, 0.717) is 36.5 Å². The summed E-state index contributed by atoms with van der Waals surface area (Å²) in [5, 5.41) is 0.779. The molecule has 200 valence electrons. The Morgan fingerprint density at radius 2 is 1.82 bits per heavy atom. The van der Waals surface area contributed by atoms with Crippen LogP contribution in [-0.2, 0) is 11.3 Å². The molecule has 2 bridgehead atoms. The average Bonchev–Trinajstić information content (AvgIpc) is 2.94. The lowest BCUT2D eigenvalue weighted by Gasteiger charge is -2.43. The van der Waals surface area contributed by atoms with Gasteiger partial charge in [0.1, 0.15) is 17.1 Å². The number of carbonyl (C=O) groups is 1. The number of rotatable bonds is 5. The lowest BCUT2D eigenvalue weighted by molar-refractivity contribution is -0.140. The first-order chi connectivity index (χ1) is 18.8. The second kappa shape index (κ2) is 9.76. The smallest absolute Gasteiger partial charge is 0.336 e. The number of ether oxygens (including phenoxy) is 2. The average molecular weight is 527 g/mol. The van der Waals surface area contributed by atoms with Gasteiger partial charge in [-0.2, -0.15) is 0 Å². The van der Waals surface area contributed by atoms with Gasteiger partial charge in [-0.1, -0.05) is 18.2 Å². The Hall–Kier alpha value is -4.33. The summed E-state index contributed by atoms with van der Waals surface area (Å²) in [6, 6.07) is 18.0. The van der Waals surface area contributed by atoms with Crippen molar-refractivity contribution in [2.75, 3.05) is 20.2 Å². The van der Waals surface area contributed by atoms with Crippen molar-refractivity contribution in [1.82, 2.24) is 9.47 Å². The zero-order valence-corrected chi connectivity index (χ0v) is 22.2. The number of likely N-dealkylation sites (tertiary alicyclic amines) is 1. The van der Waals surface area contributed by atoms with E-state index in [-0.39, 0.29) is 23.3 Å². The molecule has 0 spiro atoms. The predicted octanol–water partition coefficient (Wildman–Crippen LogP) is 4.35. The zero-order valence-electron chi connectivity index (χ0n) is 22.2. The van der Waals surface area contributed by atoms with Crippen molar-refractivity contribution < 1.29 is 18.7 Å². The lowest BCUT2D eigenvalue weighted by Crippen LogP contribution is -2.52. The summed E-state index contributed by atoms with van der Waals surface area (Å²) in [6.45, 7) is 5.36. The Morgan fingerprint density at radius 1 is 1.03 bits per heavy atom. The molecule has 39 heavy (non-hydrogen) atoms. The number of benzene rings is 2. The van der Waals surface area contributed by atoms with E-state index >= 15 is 0 Å². The molecule has 2 aliphatic heterocycles. The molecule has 3 atom stereocenters. The van der Waals surface area contributed by atoms with E-state index in [1.165, 1.54) is 6.07 Å². The zero-order chi connectivity index (χ0) is 27.3. The van der Waals surface area contributed by atoms with E-state index < -0.39 is 11.7 Å². The molecule has 0 radical (unpaired) electrons. The molecule has 2 aromatic heterocycles. The maximum atomic E-state index is 13.5.